The van der Waals surface area contributed by atoms with E-state index in [1.165, 1.54) is 53.6 Å². The highest BCUT2D eigenvalue weighted by atomic mass is 32.1. The van der Waals surface area contributed by atoms with Crippen molar-refractivity contribution in [2.24, 2.45) is 0 Å². The molecule has 0 fully saturated rings. The van der Waals surface area contributed by atoms with E-state index in [1.807, 2.05) is 17.4 Å². The van der Waals surface area contributed by atoms with Crippen molar-refractivity contribution >= 4 is 64.5 Å². The molecule has 0 aliphatic heterocycles. The van der Waals surface area contributed by atoms with Gasteiger partial charge in [-0.3, -0.25) is 0 Å². The summed E-state index contributed by atoms with van der Waals surface area (Å²) in [5, 5.41) is 4.88. The van der Waals surface area contributed by atoms with E-state index in [0.717, 1.165) is 27.5 Å². The molecule has 9 aromatic rings. The van der Waals surface area contributed by atoms with Crippen LogP contribution in [0.5, 0.6) is 0 Å². The van der Waals surface area contributed by atoms with Crippen molar-refractivity contribution in [2.75, 3.05) is 0 Å². The SMILES string of the molecule is c1ccc(-c2ccc3c(c2)oc2cc(-c4ccc5c(c4)sc4c6ccccc6n(-c6ccccc6)c54)ccc23)cc1. The molecule has 2 nitrogen and oxygen atoms in total. The lowest BCUT2D eigenvalue weighted by atomic mass is 10.0. The third kappa shape index (κ3) is 3.43. The average molecular weight is 542 g/mol. The number of furan rings is 1. The largest absolute Gasteiger partial charge is 0.456 e. The zero-order valence-electron chi connectivity index (χ0n) is 22.0. The molecule has 0 amide bonds. The molecule has 41 heavy (non-hydrogen) atoms. The van der Waals surface area contributed by atoms with Crippen molar-refractivity contribution in [2.45, 2.75) is 0 Å². The number of hydrogen-bond donors (Lipinski definition) is 0. The summed E-state index contributed by atoms with van der Waals surface area (Å²) in [7, 11) is 0. The summed E-state index contributed by atoms with van der Waals surface area (Å²) >= 11 is 1.88. The van der Waals surface area contributed by atoms with Crippen LogP contribution in [0.3, 0.4) is 0 Å². The maximum absolute atomic E-state index is 6.41. The van der Waals surface area contributed by atoms with E-state index < -0.39 is 0 Å². The Morgan fingerprint density at radius 2 is 1.05 bits per heavy atom. The number of hydrogen-bond acceptors (Lipinski definition) is 2. The first kappa shape index (κ1) is 22.7. The summed E-state index contributed by atoms with van der Waals surface area (Å²) in [6, 6.07) is 49.9. The summed E-state index contributed by atoms with van der Waals surface area (Å²) in [5.74, 6) is 0. The van der Waals surface area contributed by atoms with E-state index in [-0.39, 0.29) is 0 Å². The lowest BCUT2D eigenvalue weighted by Gasteiger charge is -2.08. The van der Waals surface area contributed by atoms with Gasteiger partial charge in [-0.1, -0.05) is 91.0 Å². The minimum Gasteiger partial charge on any atom is -0.456 e. The van der Waals surface area contributed by atoms with E-state index in [0.29, 0.717) is 0 Å². The van der Waals surface area contributed by atoms with E-state index in [1.54, 1.807) is 0 Å². The van der Waals surface area contributed by atoms with Gasteiger partial charge in [0.1, 0.15) is 11.2 Å². The third-order valence-electron chi connectivity index (χ3n) is 8.21. The molecule has 6 aromatic carbocycles. The molecule has 0 aliphatic rings. The summed E-state index contributed by atoms with van der Waals surface area (Å²) in [6.07, 6.45) is 0. The van der Waals surface area contributed by atoms with Gasteiger partial charge in [-0.15, -0.1) is 11.3 Å². The van der Waals surface area contributed by atoms with E-state index >= 15 is 0 Å². The highest BCUT2D eigenvalue weighted by Gasteiger charge is 2.18. The summed E-state index contributed by atoms with van der Waals surface area (Å²) in [5.41, 5.74) is 10.3. The van der Waals surface area contributed by atoms with Crippen LogP contribution in [0.1, 0.15) is 0 Å². The molecule has 0 saturated carbocycles. The Morgan fingerprint density at radius 3 is 1.78 bits per heavy atom. The predicted molar refractivity (Wildman–Crippen MR) is 174 cm³/mol. The Balaban J connectivity index is 1.19. The quantitative estimate of drug-likeness (QED) is 0.217. The normalized spacial score (nSPS) is 11.9. The van der Waals surface area contributed by atoms with Gasteiger partial charge in [-0.25, -0.2) is 0 Å². The molecular formula is C38H23NOS. The van der Waals surface area contributed by atoms with Gasteiger partial charge in [0, 0.05) is 31.9 Å². The number of rotatable bonds is 3. The monoisotopic (exact) mass is 541 g/mol. The number of para-hydroxylation sites is 2. The first-order valence-corrected chi connectivity index (χ1v) is 14.7. The average Bonchev–Trinajstić information content (AvgIpc) is 3.69. The Hall–Kier alpha value is -5.12. The Bertz CT molecular complexity index is 2410. The van der Waals surface area contributed by atoms with Crippen LogP contribution in [-0.2, 0) is 0 Å². The van der Waals surface area contributed by atoms with Crippen LogP contribution < -0.4 is 0 Å². The molecule has 9 rings (SSSR count). The lowest BCUT2D eigenvalue weighted by molar-refractivity contribution is 0.669. The summed E-state index contributed by atoms with van der Waals surface area (Å²) < 4.78 is 11.4. The van der Waals surface area contributed by atoms with Crippen LogP contribution in [0.25, 0.3) is 81.1 Å². The second-order valence-corrected chi connectivity index (χ2v) is 11.6. The minimum absolute atomic E-state index is 0.917. The third-order valence-corrected chi connectivity index (χ3v) is 9.38. The fourth-order valence-corrected chi connectivity index (χ4v) is 7.52. The molecule has 0 bridgehead atoms. The second kappa shape index (κ2) is 8.69. The number of thiophene rings is 1. The summed E-state index contributed by atoms with van der Waals surface area (Å²) in [4.78, 5) is 0. The van der Waals surface area contributed by atoms with Crippen molar-refractivity contribution in [3.63, 3.8) is 0 Å². The van der Waals surface area contributed by atoms with Crippen molar-refractivity contribution in [1.82, 2.24) is 4.57 Å². The molecule has 0 aliphatic carbocycles. The molecule has 3 heterocycles. The van der Waals surface area contributed by atoms with Gasteiger partial charge in [0.25, 0.3) is 0 Å². The molecule has 0 saturated heterocycles. The molecule has 0 atom stereocenters. The van der Waals surface area contributed by atoms with Crippen molar-refractivity contribution in [1.29, 1.82) is 0 Å². The van der Waals surface area contributed by atoms with Crippen molar-refractivity contribution < 1.29 is 4.42 Å². The van der Waals surface area contributed by atoms with Gasteiger partial charge in [-0.2, -0.15) is 0 Å². The van der Waals surface area contributed by atoms with Crippen LogP contribution >= 0.6 is 11.3 Å². The van der Waals surface area contributed by atoms with Crippen molar-refractivity contribution in [3.8, 4) is 27.9 Å². The predicted octanol–water partition coefficient (Wildman–Crippen LogP) is 11.2. The van der Waals surface area contributed by atoms with Crippen LogP contribution in [0.4, 0.5) is 0 Å². The van der Waals surface area contributed by atoms with Gasteiger partial charge in [0.2, 0.25) is 0 Å². The van der Waals surface area contributed by atoms with E-state index in [4.69, 9.17) is 4.42 Å². The number of nitrogens with zero attached hydrogens (tertiary/aromatic N) is 1. The van der Waals surface area contributed by atoms with Crippen LogP contribution in [0.15, 0.2) is 144 Å². The Labute approximate surface area is 240 Å². The topological polar surface area (TPSA) is 18.1 Å². The van der Waals surface area contributed by atoms with Crippen molar-refractivity contribution in [3.05, 3.63) is 140 Å². The molecule has 0 N–H and O–H groups in total. The molecule has 0 radical (unpaired) electrons. The molecule has 0 unspecified atom stereocenters. The highest BCUT2D eigenvalue weighted by molar-refractivity contribution is 7.26. The first-order chi connectivity index (χ1) is 20.3. The number of fused-ring (bicyclic) bond motifs is 8. The van der Waals surface area contributed by atoms with Gasteiger partial charge in [0.05, 0.1) is 15.7 Å². The first-order valence-electron chi connectivity index (χ1n) is 13.9. The molecule has 0 spiro atoms. The van der Waals surface area contributed by atoms with E-state index in [2.05, 4.69) is 138 Å². The lowest BCUT2D eigenvalue weighted by Crippen LogP contribution is -1.92. The highest BCUT2D eigenvalue weighted by Crippen LogP contribution is 2.44. The zero-order valence-corrected chi connectivity index (χ0v) is 22.9. The molecule has 192 valence electrons. The van der Waals surface area contributed by atoms with E-state index in [9.17, 15) is 0 Å². The van der Waals surface area contributed by atoms with Gasteiger partial charge < -0.3 is 8.98 Å². The fourth-order valence-electron chi connectivity index (χ4n) is 6.26. The zero-order chi connectivity index (χ0) is 26.9. The minimum atomic E-state index is 0.917. The smallest absolute Gasteiger partial charge is 0.136 e. The standard InChI is InChI=1S/C38H23NOS/c1-3-9-24(10-4-1)25-15-18-29-30-19-16-26(22-35(30)40-34(29)21-25)27-17-20-32-36(23-27)41-38-31-13-7-8-14-33(31)39(37(32)38)28-11-5-2-6-12-28/h1-23H. The Morgan fingerprint density at radius 1 is 0.463 bits per heavy atom. The van der Waals surface area contributed by atoms with Crippen LogP contribution in [0, 0.1) is 0 Å². The molecular weight excluding hydrogens is 518 g/mol. The molecule has 3 heteroatoms. The maximum atomic E-state index is 6.41. The van der Waals surface area contributed by atoms with Crippen LogP contribution in [0.2, 0.25) is 0 Å². The Kier molecular flexibility index (Phi) is 4.80. The fraction of sp³-hybridized carbons (Fsp3) is 0. The van der Waals surface area contributed by atoms with Crippen LogP contribution in [-0.4, -0.2) is 4.57 Å². The second-order valence-electron chi connectivity index (χ2n) is 10.6. The number of benzene rings is 6. The number of aromatic nitrogens is 1. The maximum Gasteiger partial charge on any atom is 0.136 e. The molecule has 3 aromatic heterocycles. The van der Waals surface area contributed by atoms with Gasteiger partial charge in [0.15, 0.2) is 0 Å². The van der Waals surface area contributed by atoms with Gasteiger partial charge in [-0.05, 0) is 70.8 Å². The van der Waals surface area contributed by atoms with Gasteiger partial charge >= 0.3 is 0 Å². The summed E-state index contributed by atoms with van der Waals surface area (Å²) in [6.45, 7) is 0.